The Bertz CT molecular complexity index is 505. The number of aliphatic carboxylic acids is 1. The molecule has 4 nitrogen and oxygen atoms in total. The minimum atomic E-state index is -3.64. The molecule has 1 atom stereocenters. The minimum Gasteiger partial charge on any atom is -0.480 e. The van der Waals surface area contributed by atoms with Crippen LogP contribution >= 0.6 is 0 Å². The van der Waals surface area contributed by atoms with E-state index in [1.165, 1.54) is 0 Å². The summed E-state index contributed by atoms with van der Waals surface area (Å²) in [7, 11) is -3.64. The Kier molecular flexibility index (Phi) is 4.28. The van der Waals surface area contributed by atoms with Crippen molar-refractivity contribution in [3.05, 3.63) is 35.4 Å². The first-order valence-corrected chi connectivity index (χ1v) is 7.08. The first kappa shape index (κ1) is 13.7. The molecule has 0 heterocycles. The van der Waals surface area contributed by atoms with E-state index in [4.69, 9.17) is 5.11 Å². The van der Waals surface area contributed by atoms with Gasteiger partial charge in [-0.1, -0.05) is 36.8 Å². The summed E-state index contributed by atoms with van der Waals surface area (Å²) in [5, 5.41) is 7.55. The lowest BCUT2D eigenvalue weighted by molar-refractivity contribution is -0.136. The Morgan fingerprint density at radius 1 is 1.41 bits per heavy atom. The summed E-state index contributed by atoms with van der Waals surface area (Å²) >= 11 is 0. The van der Waals surface area contributed by atoms with Crippen LogP contribution in [0.1, 0.15) is 24.5 Å². The molecule has 0 aliphatic rings. The van der Waals surface area contributed by atoms with Gasteiger partial charge in [0.15, 0.2) is 15.1 Å². The van der Waals surface area contributed by atoms with E-state index in [1.54, 1.807) is 25.1 Å². The highest BCUT2D eigenvalue weighted by Gasteiger charge is 2.30. The molecule has 0 spiro atoms. The topological polar surface area (TPSA) is 71.4 Å². The normalized spacial score (nSPS) is 13.3. The summed E-state index contributed by atoms with van der Waals surface area (Å²) in [5.41, 5.74) is 1.59. The van der Waals surface area contributed by atoms with Gasteiger partial charge in [0.1, 0.15) is 0 Å². The van der Waals surface area contributed by atoms with Gasteiger partial charge in [-0.05, 0) is 18.9 Å². The predicted molar refractivity (Wildman–Crippen MR) is 65.5 cm³/mol. The van der Waals surface area contributed by atoms with Crippen LogP contribution in [-0.2, 0) is 20.4 Å². The maximum Gasteiger partial charge on any atom is 0.321 e. The van der Waals surface area contributed by atoms with Crippen LogP contribution in [0.2, 0.25) is 0 Å². The molecular formula is C12H16O4S. The van der Waals surface area contributed by atoms with E-state index in [2.05, 4.69) is 0 Å². The van der Waals surface area contributed by atoms with E-state index in [1.807, 2.05) is 13.0 Å². The van der Waals surface area contributed by atoms with Crippen molar-refractivity contribution < 1.29 is 18.3 Å². The van der Waals surface area contributed by atoms with Crippen molar-refractivity contribution in [3.8, 4) is 0 Å². The van der Waals surface area contributed by atoms with Crippen molar-refractivity contribution in [2.75, 3.05) is 0 Å². The van der Waals surface area contributed by atoms with Crippen LogP contribution in [0.15, 0.2) is 24.3 Å². The Morgan fingerprint density at radius 3 is 2.53 bits per heavy atom. The summed E-state index contributed by atoms with van der Waals surface area (Å²) in [6, 6.07) is 7.08. The van der Waals surface area contributed by atoms with Gasteiger partial charge in [-0.2, -0.15) is 0 Å². The molecule has 0 saturated carbocycles. The zero-order valence-corrected chi connectivity index (χ0v) is 10.7. The Morgan fingerprint density at radius 2 is 2.06 bits per heavy atom. The second kappa shape index (κ2) is 5.31. The zero-order chi connectivity index (χ0) is 13.1. The van der Waals surface area contributed by atoms with Crippen molar-refractivity contribution in [2.24, 2.45) is 0 Å². The maximum atomic E-state index is 11.9. The molecule has 0 saturated heterocycles. The second-order valence-electron chi connectivity index (χ2n) is 4.03. The Labute approximate surface area is 101 Å². The summed E-state index contributed by atoms with van der Waals surface area (Å²) in [5.74, 6) is -1.50. The van der Waals surface area contributed by atoms with E-state index in [0.717, 1.165) is 5.56 Å². The van der Waals surface area contributed by atoms with Crippen molar-refractivity contribution in [2.45, 2.75) is 31.3 Å². The van der Waals surface area contributed by atoms with Gasteiger partial charge in [0.2, 0.25) is 0 Å². The molecule has 0 aliphatic heterocycles. The minimum absolute atomic E-state index is 0.0868. The largest absolute Gasteiger partial charge is 0.480 e. The number of hydrogen-bond donors (Lipinski definition) is 1. The van der Waals surface area contributed by atoms with Gasteiger partial charge in [-0.15, -0.1) is 0 Å². The van der Waals surface area contributed by atoms with Crippen molar-refractivity contribution in [3.63, 3.8) is 0 Å². The lowest BCUT2D eigenvalue weighted by Crippen LogP contribution is -2.30. The molecule has 5 heteroatoms. The van der Waals surface area contributed by atoms with Gasteiger partial charge < -0.3 is 5.11 Å². The third kappa shape index (κ3) is 3.56. The molecule has 0 aromatic heterocycles. The zero-order valence-electron chi connectivity index (χ0n) is 9.88. The number of carboxylic acid groups (broad SMARTS) is 1. The monoisotopic (exact) mass is 256 g/mol. The van der Waals surface area contributed by atoms with Gasteiger partial charge in [0.25, 0.3) is 0 Å². The van der Waals surface area contributed by atoms with E-state index in [9.17, 15) is 13.2 Å². The molecule has 1 rings (SSSR count). The third-order valence-electron chi connectivity index (χ3n) is 2.53. The number of rotatable bonds is 5. The molecule has 0 aliphatic carbocycles. The lowest BCUT2D eigenvalue weighted by atomic mass is 10.2. The Hall–Kier alpha value is -1.36. The first-order chi connectivity index (χ1) is 7.86. The number of carboxylic acids is 1. The molecule has 1 aromatic carbocycles. The third-order valence-corrected chi connectivity index (χ3v) is 4.67. The van der Waals surface area contributed by atoms with Crippen LogP contribution in [0.5, 0.6) is 0 Å². The predicted octanol–water partition coefficient (Wildman–Crippen LogP) is 1.77. The van der Waals surface area contributed by atoms with Crippen molar-refractivity contribution >= 4 is 15.8 Å². The molecule has 0 radical (unpaired) electrons. The van der Waals surface area contributed by atoms with Crippen LogP contribution in [0.4, 0.5) is 0 Å². The van der Waals surface area contributed by atoms with E-state index < -0.39 is 21.1 Å². The highest BCUT2D eigenvalue weighted by molar-refractivity contribution is 7.92. The number of sulfone groups is 1. The fourth-order valence-corrected chi connectivity index (χ4v) is 3.38. The fourth-order valence-electron chi connectivity index (χ4n) is 1.72. The van der Waals surface area contributed by atoms with E-state index in [0.29, 0.717) is 5.56 Å². The van der Waals surface area contributed by atoms with Crippen LogP contribution in [0.25, 0.3) is 0 Å². The number of hydrogen-bond acceptors (Lipinski definition) is 3. The molecule has 1 unspecified atom stereocenters. The van der Waals surface area contributed by atoms with Crippen LogP contribution < -0.4 is 0 Å². The van der Waals surface area contributed by atoms with Gasteiger partial charge in [0, 0.05) is 0 Å². The molecule has 1 N–H and O–H groups in total. The highest BCUT2D eigenvalue weighted by atomic mass is 32.2. The average Bonchev–Trinajstić information content (AvgIpc) is 2.16. The summed E-state index contributed by atoms with van der Waals surface area (Å²) < 4.78 is 23.8. The first-order valence-electron chi connectivity index (χ1n) is 5.36. The Balaban J connectivity index is 2.97. The molecular weight excluding hydrogens is 240 g/mol. The number of benzene rings is 1. The van der Waals surface area contributed by atoms with E-state index >= 15 is 0 Å². The van der Waals surface area contributed by atoms with E-state index in [-0.39, 0.29) is 12.2 Å². The molecule has 1 aromatic rings. The standard InChI is InChI=1S/C12H16O4S/c1-3-11(12(13)14)17(15,16)8-10-6-4-5-9(2)7-10/h4-7,11H,3,8H2,1-2H3,(H,13,14). The van der Waals surface area contributed by atoms with Crippen molar-refractivity contribution in [1.29, 1.82) is 0 Å². The van der Waals surface area contributed by atoms with Crippen LogP contribution in [0, 0.1) is 6.92 Å². The summed E-state index contributed by atoms with van der Waals surface area (Å²) in [6.45, 7) is 3.43. The van der Waals surface area contributed by atoms with Gasteiger partial charge in [-0.3, -0.25) is 4.79 Å². The maximum absolute atomic E-state index is 11.9. The quantitative estimate of drug-likeness (QED) is 0.871. The van der Waals surface area contributed by atoms with Gasteiger partial charge in [-0.25, -0.2) is 8.42 Å². The number of carbonyl (C=O) groups is 1. The second-order valence-corrected chi connectivity index (χ2v) is 6.21. The highest BCUT2D eigenvalue weighted by Crippen LogP contribution is 2.15. The van der Waals surface area contributed by atoms with Crippen LogP contribution in [-0.4, -0.2) is 24.7 Å². The molecule has 17 heavy (non-hydrogen) atoms. The lowest BCUT2D eigenvalue weighted by Gasteiger charge is -2.11. The molecule has 0 amide bonds. The summed E-state index contributed by atoms with van der Waals surface area (Å²) in [4.78, 5) is 10.9. The SMILES string of the molecule is CCC(C(=O)O)S(=O)(=O)Cc1cccc(C)c1. The van der Waals surface area contributed by atoms with Gasteiger partial charge >= 0.3 is 5.97 Å². The van der Waals surface area contributed by atoms with Crippen molar-refractivity contribution in [1.82, 2.24) is 0 Å². The molecule has 0 fully saturated rings. The molecule has 0 bridgehead atoms. The fraction of sp³-hybridized carbons (Fsp3) is 0.417. The summed E-state index contributed by atoms with van der Waals surface area (Å²) in [6.07, 6.45) is 0.0868. The molecule has 94 valence electrons. The smallest absolute Gasteiger partial charge is 0.321 e. The average molecular weight is 256 g/mol. The number of aryl methyl sites for hydroxylation is 1. The van der Waals surface area contributed by atoms with Crippen LogP contribution in [0.3, 0.4) is 0 Å². The van der Waals surface area contributed by atoms with Gasteiger partial charge in [0.05, 0.1) is 5.75 Å².